The van der Waals surface area contributed by atoms with Gasteiger partial charge in [-0.1, -0.05) is 12.5 Å². The molecule has 14 heavy (non-hydrogen) atoms. The van der Waals surface area contributed by atoms with Gasteiger partial charge in [-0.25, -0.2) is 0 Å². The van der Waals surface area contributed by atoms with Crippen molar-refractivity contribution < 1.29 is 9.53 Å². The summed E-state index contributed by atoms with van der Waals surface area (Å²) in [4.78, 5) is 13.2. The second-order valence-corrected chi connectivity index (χ2v) is 3.38. The van der Waals surface area contributed by atoms with E-state index in [2.05, 4.69) is 11.5 Å². The van der Waals surface area contributed by atoms with Crippen molar-refractivity contribution in [3.63, 3.8) is 0 Å². The van der Waals surface area contributed by atoms with Crippen molar-refractivity contribution >= 4 is 5.97 Å². The summed E-state index contributed by atoms with van der Waals surface area (Å²) in [5.74, 6) is -0.143. The molecule has 0 aromatic rings. The van der Waals surface area contributed by atoms with Crippen LogP contribution in [0.2, 0.25) is 0 Å². The lowest BCUT2D eigenvalue weighted by Gasteiger charge is -2.18. The number of ether oxygens (including phenoxy) is 1. The predicted octanol–water partition coefficient (Wildman–Crippen LogP) is 1.84. The Labute approximate surface area is 86.7 Å². The smallest absolute Gasteiger partial charge is 0.320 e. The molecular weight excluding hydrogens is 178 g/mol. The summed E-state index contributed by atoms with van der Waals surface area (Å²) in [6.45, 7) is 12.3. The molecule has 0 aromatic heterocycles. The first-order chi connectivity index (χ1) is 6.60. The summed E-state index contributed by atoms with van der Waals surface area (Å²) in [6, 6.07) is 0. The lowest BCUT2D eigenvalue weighted by molar-refractivity contribution is -0.144. The minimum absolute atomic E-state index is 0.143. The van der Waals surface area contributed by atoms with Gasteiger partial charge in [0.15, 0.2) is 0 Å². The first-order valence-corrected chi connectivity index (χ1v) is 5.12. The largest absolute Gasteiger partial charge is 0.465 e. The number of carbonyl (C=O) groups excluding carboxylic acids is 1. The van der Waals surface area contributed by atoms with Crippen molar-refractivity contribution in [1.82, 2.24) is 4.90 Å². The molecule has 0 saturated carbocycles. The van der Waals surface area contributed by atoms with E-state index in [0.717, 1.165) is 25.1 Å². The van der Waals surface area contributed by atoms with Crippen molar-refractivity contribution in [3.05, 3.63) is 12.2 Å². The number of nitrogens with zero attached hydrogens (tertiary/aromatic N) is 1. The van der Waals surface area contributed by atoms with E-state index in [0.29, 0.717) is 13.2 Å². The molecule has 0 N–H and O–H groups in total. The van der Waals surface area contributed by atoms with Crippen LogP contribution < -0.4 is 0 Å². The van der Waals surface area contributed by atoms with Gasteiger partial charge >= 0.3 is 5.97 Å². The predicted molar refractivity (Wildman–Crippen MR) is 58.2 cm³/mol. The van der Waals surface area contributed by atoms with Crippen molar-refractivity contribution in [3.8, 4) is 0 Å². The Morgan fingerprint density at radius 2 is 2.07 bits per heavy atom. The summed E-state index contributed by atoms with van der Waals surface area (Å²) < 4.78 is 4.88. The summed E-state index contributed by atoms with van der Waals surface area (Å²) in [5.41, 5.74) is 1.15. The summed E-state index contributed by atoms with van der Waals surface area (Å²) in [6.07, 6.45) is 0.938. The maximum atomic E-state index is 11.2. The van der Waals surface area contributed by atoms with Crippen LogP contribution in [0.1, 0.15) is 27.2 Å². The first-order valence-electron chi connectivity index (χ1n) is 5.12. The molecule has 3 nitrogen and oxygen atoms in total. The Hall–Kier alpha value is -0.830. The fraction of sp³-hybridized carbons (Fsp3) is 0.727. The lowest BCUT2D eigenvalue weighted by Crippen LogP contribution is -2.31. The van der Waals surface area contributed by atoms with Crippen LogP contribution in [-0.4, -0.2) is 37.1 Å². The van der Waals surface area contributed by atoms with Gasteiger partial charge in [-0.05, 0) is 26.8 Å². The number of rotatable bonds is 7. The van der Waals surface area contributed by atoms with Crippen molar-refractivity contribution in [2.75, 3.05) is 26.2 Å². The molecule has 0 atom stereocenters. The summed E-state index contributed by atoms with van der Waals surface area (Å²) in [5, 5.41) is 0. The van der Waals surface area contributed by atoms with Crippen molar-refractivity contribution in [2.45, 2.75) is 27.2 Å². The van der Waals surface area contributed by atoms with Gasteiger partial charge < -0.3 is 4.74 Å². The van der Waals surface area contributed by atoms with Crippen LogP contribution >= 0.6 is 0 Å². The number of hydrogen-bond acceptors (Lipinski definition) is 3. The third-order valence-corrected chi connectivity index (χ3v) is 1.96. The van der Waals surface area contributed by atoms with Crippen molar-refractivity contribution in [1.29, 1.82) is 0 Å². The van der Waals surface area contributed by atoms with Crippen molar-refractivity contribution in [2.24, 2.45) is 0 Å². The molecule has 0 heterocycles. The molecular formula is C11H21NO2. The zero-order chi connectivity index (χ0) is 11.0. The summed E-state index contributed by atoms with van der Waals surface area (Å²) in [7, 11) is 0. The molecule has 0 aliphatic carbocycles. The van der Waals surface area contributed by atoms with Crippen LogP contribution in [0.4, 0.5) is 0 Å². The molecule has 0 unspecified atom stereocenters. The van der Waals surface area contributed by atoms with Gasteiger partial charge in [-0.3, -0.25) is 9.69 Å². The Bertz CT molecular complexity index is 190. The van der Waals surface area contributed by atoms with E-state index in [1.54, 1.807) is 0 Å². The second kappa shape index (κ2) is 7.56. The van der Waals surface area contributed by atoms with Gasteiger partial charge in [0.25, 0.3) is 0 Å². The molecule has 0 spiro atoms. The molecule has 0 bridgehead atoms. The molecule has 0 aliphatic rings. The van der Waals surface area contributed by atoms with E-state index < -0.39 is 0 Å². The average Bonchev–Trinajstić information content (AvgIpc) is 2.12. The standard InChI is InChI=1S/C11H21NO2/c1-5-12(8-7-10(3)4)9-11(13)14-6-2/h3,5-9H2,1-2,4H3. The van der Waals surface area contributed by atoms with Gasteiger partial charge in [-0.15, -0.1) is 6.58 Å². The first kappa shape index (κ1) is 13.2. The highest BCUT2D eigenvalue weighted by Crippen LogP contribution is 1.99. The lowest BCUT2D eigenvalue weighted by atomic mass is 10.2. The molecule has 3 heteroatoms. The average molecular weight is 199 g/mol. The molecule has 82 valence electrons. The van der Waals surface area contributed by atoms with Crippen LogP contribution in [-0.2, 0) is 9.53 Å². The minimum Gasteiger partial charge on any atom is -0.465 e. The molecule has 0 rings (SSSR count). The summed E-state index contributed by atoms with van der Waals surface area (Å²) >= 11 is 0. The molecule has 0 fully saturated rings. The second-order valence-electron chi connectivity index (χ2n) is 3.38. The maximum Gasteiger partial charge on any atom is 0.320 e. The number of hydrogen-bond donors (Lipinski definition) is 0. The van der Waals surface area contributed by atoms with Crippen LogP contribution in [0.5, 0.6) is 0 Å². The fourth-order valence-corrected chi connectivity index (χ4v) is 1.09. The van der Waals surface area contributed by atoms with Crippen LogP contribution in [0.3, 0.4) is 0 Å². The highest BCUT2D eigenvalue weighted by atomic mass is 16.5. The minimum atomic E-state index is -0.143. The quantitative estimate of drug-likeness (QED) is 0.463. The van der Waals surface area contributed by atoms with E-state index in [-0.39, 0.29) is 5.97 Å². The van der Waals surface area contributed by atoms with Gasteiger partial charge in [-0.2, -0.15) is 0 Å². The van der Waals surface area contributed by atoms with E-state index >= 15 is 0 Å². The third-order valence-electron chi connectivity index (χ3n) is 1.96. The Kier molecular flexibility index (Phi) is 7.11. The van der Waals surface area contributed by atoms with Gasteiger partial charge in [0, 0.05) is 6.54 Å². The van der Waals surface area contributed by atoms with E-state index in [4.69, 9.17) is 4.74 Å². The number of esters is 1. The topological polar surface area (TPSA) is 29.5 Å². The van der Waals surface area contributed by atoms with Gasteiger partial charge in [0.05, 0.1) is 13.2 Å². The van der Waals surface area contributed by atoms with Crippen LogP contribution in [0.25, 0.3) is 0 Å². The molecule has 0 amide bonds. The van der Waals surface area contributed by atoms with Gasteiger partial charge in [0.2, 0.25) is 0 Å². The highest BCUT2D eigenvalue weighted by Gasteiger charge is 2.08. The van der Waals surface area contributed by atoms with Crippen LogP contribution in [0, 0.1) is 0 Å². The normalized spacial score (nSPS) is 10.3. The molecule has 0 saturated heterocycles. The number of carbonyl (C=O) groups is 1. The zero-order valence-electron chi connectivity index (χ0n) is 9.51. The highest BCUT2D eigenvalue weighted by molar-refractivity contribution is 5.71. The fourth-order valence-electron chi connectivity index (χ4n) is 1.09. The zero-order valence-corrected chi connectivity index (χ0v) is 9.51. The monoisotopic (exact) mass is 199 g/mol. The molecule has 0 aliphatic heterocycles. The van der Waals surface area contributed by atoms with Gasteiger partial charge in [0.1, 0.15) is 0 Å². The molecule has 0 radical (unpaired) electrons. The van der Waals surface area contributed by atoms with E-state index in [1.807, 2.05) is 20.8 Å². The maximum absolute atomic E-state index is 11.2. The van der Waals surface area contributed by atoms with E-state index in [1.165, 1.54) is 0 Å². The Morgan fingerprint density at radius 3 is 2.50 bits per heavy atom. The third kappa shape index (κ3) is 6.66. The Morgan fingerprint density at radius 1 is 1.43 bits per heavy atom. The SMILES string of the molecule is C=C(C)CCN(CC)CC(=O)OCC. The molecule has 0 aromatic carbocycles. The Balaban J connectivity index is 3.78. The number of likely N-dealkylation sites (N-methyl/N-ethyl adjacent to an activating group) is 1. The van der Waals surface area contributed by atoms with E-state index in [9.17, 15) is 4.79 Å². The van der Waals surface area contributed by atoms with Crippen LogP contribution in [0.15, 0.2) is 12.2 Å².